The number of halogens is 3. The SMILES string of the molecule is O=S(=O)(Cl)c1cccc(Br)c1.O=S(=O)(c1cccc(Br)c1)N1CCC[C@H](O)C1.OC1CCCCC1. The van der Waals surface area contributed by atoms with E-state index in [9.17, 15) is 21.9 Å². The lowest BCUT2D eigenvalue weighted by molar-refractivity contribution is 0.108. The van der Waals surface area contributed by atoms with Gasteiger partial charge in [0.15, 0.2) is 0 Å². The first-order valence-corrected chi connectivity index (χ1v) is 16.5. The summed E-state index contributed by atoms with van der Waals surface area (Å²) in [5.41, 5.74) is 0. The van der Waals surface area contributed by atoms with Gasteiger partial charge in [-0.15, -0.1) is 0 Å². The summed E-state index contributed by atoms with van der Waals surface area (Å²) in [6, 6.07) is 12.8. The molecule has 0 aromatic heterocycles. The third kappa shape index (κ3) is 10.8. The molecule has 1 heterocycles. The summed E-state index contributed by atoms with van der Waals surface area (Å²) in [7, 11) is -1.98. The minimum Gasteiger partial charge on any atom is -0.393 e. The maximum atomic E-state index is 12.3. The Morgan fingerprint density at radius 2 is 1.29 bits per heavy atom. The van der Waals surface area contributed by atoms with Crippen LogP contribution in [0.4, 0.5) is 0 Å². The van der Waals surface area contributed by atoms with Crippen molar-refractivity contribution in [3.05, 3.63) is 57.5 Å². The normalized spacial score (nSPS) is 19.6. The van der Waals surface area contributed by atoms with E-state index >= 15 is 0 Å². The fourth-order valence-electron chi connectivity index (χ4n) is 3.62. The van der Waals surface area contributed by atoms with Crippen LogP contribution < -0.4 is 0 Å². The number of hydrogen-bond donors (Lipinski definition) is 2. The van der Waals surface area contributed by atoms with E-state index in [4.69, 9.17) is 15.8 Å². The van der Waals surface area contributed by atoms with Crippen LogP contribution in [0.1, 0.15) is 44.9 Å². The molecule has 7 nitrogen and oxygen atoms in total. The first kappa shape index (κ1) is 30.7. The van der Waals surface area contributed by atoms with E-state index in [1.807, 2.05) is 0 Å². The van der Waals surface area contributed by atoms with Crippen molar-refractivity contribution in [1.82, 2.24) is 4.31 Å². The van der Waals surface area contributed by atoms with Crippen LogP contribution in [-0.4, -0.2) is 56.7 Å². The van der Waals surface area contributed by atoms with Gasteiger partial charge in [-0.05, 0) is 62.1 Å². The second-order valence-electron chi connectivity index (χ2n) is 8.30. The molecule has 4 rings (SSSR count). The van der Waals surface area contributed by atoms with Crippen molar-refractivity contribution in [1.29, 1.82) is 0 Å². The fraction of sp³-hybridized carbons (Fsp3) is 0.478. The maximum absolute atomic E-state index is 12.3. The molecule has 35 heavy (non-hydrogen) atoms. The van der Waals surface area contributed by atoms with Gasteiger partial charge in [-0.2, -0.15) is 4.31 Å². The third-order valence-electron chi connectivity index (χ3n) is 5.45. The average Bonchev–Trinajstić information content (AvgIpc) is 2.80. The van der Waals surface area contributed by atoms with Gasteiger partial charge in [0.1, 0.15) is 0 Å². The largest absolute Gasteiger partial charge is 0.393 e. The van der Waals surface area contributed by atoms with Gasteiger partial charge in [-0.25, -0.2) is 16.8 Å². The Morgan fingerprint density at radius 3 is 1.71 bits per heavy atom. The van der Waals surface area contributed by atoms with Crippen molar-refractivity contribution in [3.8, 4) is 0 Å². The maximum Gasteiger partial charge on any atom is 0.261 e. The summed E-state index contributed by atoms with van der Waals surface area (Å²) in [5, 5.41) is 18.4. The average molecular weight is 676 g/mol. The van der Waals surface area contributed by atoms with Gasteiger partial charge in [0.05, 0.1) is 22.0 Å². The minimum absolute atomic E-state index is 0.0359. The van der Waals surface area contributed by atoms with E-state index in [-0.39, 0.29) is 22.4 Å². The zero-order valence-electron chi connectivity index (χ0n) is 19.1. The van der Waals surface area contributed by atoms with E-state index in [0.717, 1.165) is 17.3 Å². The molecule has 0 bridgehead atoms. The number of sulfonamides is 1. The molecule has 0 unspecified atom stereocenters. The topological polar surface area (TPSA) is 112 Å². The molecule has 1 aliphatic carbocycles. The molecule has 1 saturated carbocycles. The van der Waals surface area contributed by atoms with Crippen LogP contribution in [0.15, 0.2) is 67.3 Å². The quantitative estimate of drug-likeness (QED) is 0.429. The van der Waals surface area contributed by atoms with Gasteiger partial charge in [0.25, 0.3) is 9.05 Å². The zero-order chi connectivity index (χ0) is 26.1. The standard InChI is InChI=1S/C11H14BrNO3S.C6H4BrClO2S.C6H12O/c12-9-3-1-5-11(7-9)17(15,16)13-6-2-4-10(14)8-13;7-5-2-1-3-6(4-5)11(8,9)10;7-6-4-2-1-3-5-6/h1,3,5,7,10,14H,2,4,6,8H2;1-4H;6-7H,1-5H2/t10-;;/m0../s1. The first-order valence-electron chi connectivity index (χ1n) is 11.2. The number of hydrogen-bond acceptors (Lipinski definition) is 6. The molecule has 1 atom stereocenters. The van der Waals surface area contributed by atoms with E-state index in [2.05, 4.69) is 31.9 Å². The summed E-state index contributed by atoms with van der Waals surface area (Å²) in [6.45, 7) is 0.667. The van der Waals surface area contributed by atoms with Crippen molar-refractivity contribution < 1.29 is 27.0 Å². The van der Waals surface area contributed by atoms with Crippen LogP contribution >= 0.6 is 42.5 Å². The second kappa shape index (κ2) is 14.4. The van der Waals surface area contributed by atoms with Crippen molar-refractivity contribution in [2.45, 2.75) is 66.9 Å². The molecule has 2 fully saturated rings. The van der Waals surface area contributed by atoms with Gasteiger partial charge >= 0.3 is 0 Å². The molecule has 0 spiro atoms. The summed E-state index contributed by atoms with van der Waals surface area (Å²) >= 11 is 6.39. The van der Waals surface area contributed by atoms with Gasteiger partial charge in [-0.1, -0.05) is 63.3 Å². The molecular weight excluding hydrogens is 646 g/mol. The van der Waals surface area contributed by atoms with Crippen LogP contribution in [0.5, 0.6) is 0 Å². The van der Waals surface area contributed by atoms with Crippen LogP contribution in [0.3, 0.4) is 0 Å². The number of aliphatic hydroxyl groups is 2. The summed E-state index contributed by atoms with van der Waals surface area (Å²) in [4.78, 5) is 0.370. The van der Waals surface area contributed by atoms with Crippen molar-refractivity contribution in [2.75, 3.05) is 13.1 Å². The number of piperidine rings is 1. The highest BCUT2D eigenvalue weighted by Gasteiger charge is 2.29. The molecule has 196 valence electrons. The van der Waals surface area contributed by atoms with Crippen LogP contribution in [0.25, 0.3) is 0 Å². The van der Waals surface area contributed by atoms with Crippen molar-refractivity contribution >= 4 is 61.6 Å². The van der Waals surface area contributed by atoms with Crippen LogP contribution in [0.2, 0.25) is 0 Å². The fourth-order valence-corrected chi connectivity index (χ4v) is 7.08. The predicted molar refractivity (Wildman–Crippen MR) is 144 cm³/mol. The van der Waals surface area contributed by atoms with Gasteiger partial charge in [0.2, 0.25) is 10.0 Å². The molecule has 1 saturated heterocycles. The molecule has 12 heteroatoms. The highest BCUT2D eigenvalue weighted by atomic mass is 79.9. The number of nitrogens with zero attached hydrogens (tertiary/aromatic N) is 1. The molecular formula is C23H30Br2ClNO6S2. The Labute approximate surface area is 229 Å². The lowest BCUT2D eigenvalue weighted by Gasteiger charge is -2.29. The number of rotatable bonds is 3. The van der Waals surface area contributed by atoms with E-state index in [1.54, 1.807) is 36.4 Å². The number of aliphatic hydroxyl groups excluding tert-OH is 2. The summed E-state index contributed by atoms with van der Waals surface area (Å²) in [6.07, 6.45) is 6.75. The Morgan fingerprint density at radius 1 is 0.771 bits per heavy atom. The van der Waals surface area contributed by atoms with Gasteiger partial charge in [-0.3, -0.25) is 0 Å². The minimum atomic E-state index is -3.58. The lowest BCUT2D eigenvalue weighted by atomic mass is 9.98. The zero-order valence-corrected chi connectivity index (χ0v) is 24.6. The molecule has 0 amide bonds. The first-order chi connectivity index (χ1) is 16.4. The Balaban J connectivity index is 0.000000205. The Hall–Kier alpha value is -0.530. The smallest absolute Gasteiger partial charge is 0.261 e. The summed E-state index contributed by atoms with van der Waals surface area (Å²) in [5.74, 6) is 0. The highest BCUT2D eigenvalue weighted by molar-refractivity contribution is 9.10. The lowest BCUT2D eigenvalue weighted by Crippen LogP contribution is -2.42. The number of benzene rings is 2. The second-order valence-corrected chi connectivity index (χ2v) is 14.6. The Kier molecular flexibility index (Phi) is 12.6. The molecule has 2 aromatic rings. The molecule has 1 aliphatic heterocycles. The van der Waals surface area contributed by atoms with Crippen LogP contribution in [0, 0.1) is 0 Å². The highest BCUT2D eigenvalue weighted by Crippen LogP contribution is 2.23. The van der Waals surface area contributed by atoms with Gasteiger partial charge < -0.3 is 10.2 Å². The monoisotopic (exact) mass is 673 g/mol. The number of β-amino-alcohol motifs (C(OH)–C–C–N with tert-alkyl or cyclic N) is 1. The third-order valence-corrected chi connectivity index (χ3v) is 9.64. The van der Waals surface area contributed by atoms with Gasteiger partial charge in [0, 0.05) is 32.7 Å². The molecule has 2 aliphatic rings. The predicted octanol–water partition coefficient (Wildman–Crippen LogP) is 5.28. The molecule has 2 aromatic carbocycles. The van der Waals surface area contributed by atoms with E-state index in [1.165, 1.54) is 35.7 Å². The Bertz CT molecular complexity index is 1160. The van der Waals surface area contributed by atoms with E-state index < -0.39 is 25.2 Å². The van der Waals surface area contributed by atoms with Crippen LogP contribution in [-0.2, 0) is 19.1 Å². The van der Waals surface area contributed by atoms with E-state index in [0.29, 0.717) is 23.9 Å². The molecule has 2 N–H and O–H groups in total. The molecule has 0 radical (unpaired) electrons. The van der Waals surface area contributed by atoms with Crippen molar-refractivity contribution in [3.63, 3.8) is 0 Å². The van der Waals surface area contributed by atoms with Crippen molar-refractivity contribution in [2.24, 2.45) is 0 Å². The summed E-state index contributed by atoms with van der Waals surface area (Å²) < 4.78 is 48.8.